The SMILES string of the molecule is Nc1ccc2nc(SCc3ncccn3)[nH]c2c1. The molecule has 3 aromatic rings. The van der Waals surface area contributed by atoms with Crippen LogP contribution in [0.2, 0.25) is 0 Å². The van der Waals surface area contributed by atoms with E-state index in [0.29, 0.717) is 5.75 Å². The van der Waals surface area contributed by atoms with E-state index in [1.807, 2.05) is 18.2 Å². The van der Waals surface area contributed by atoms with Gasteiger partial charge in [0.15, 0.2) is 5.16 Å². The molecule has 5 nitrogen and oxygen atoms in total. The van der Waals surface area contributed by atoms with E-state index in [-0.39, 0.29) is 0 Å². The third-order valence-electron chi connectivity index (χ3n) is 2.44. The fourth-order valence-electron chi connectivity index (χ4n) is 1.61. The molecule has 90 valence electrons. The molecule has 1 aromatic carbocycles. The fourth-order valence-corrected chi connectivity index (χ4v) is 2.37. The molecule has 0 radical (unpaired) electrons. The zero-order chi connectivity index (χ0) is 12.4. The number of benzene rings is 1. The van der Waals surface area contributed by atoms with E-state index in [1.165, 1.54) is 0 Å². The first-order valence-electron chi connectivity index (χ1n) is 5.45. The summed E-state index contributed by atoms with van der Waals surface area (Å²) in [6.07, 6.45) is 3.48. The van der Waals surface area contributed by atoms with Gasteiger partial charge in [-0.15, -0.1) is 0 Å². The van der Waals surface area contributed by atoms with E-state index in [0.717, 1.165) is 27.7 Å². The number of anilines is 1. The average molecular weight is 257 g/mol. The first kappa shape index (κ1) is 11.0. The van der Waals surface area contributed by atoms with Crippen LogP contribution in [0.5, 0.6) is 0 Å². The summed E-state index contributed by atoms with van der Waals surface area (Å²) in [6.45, 7) is 0. The molecule has 6 heteroatoms. The Morgan fingerprint density at radius 1 is 1.22 bits per heavy atom. The lowest BCUT2D eigenvalue weighted by molar-refractivity contribution is 1.02. The number of H-pyrrole nitrogens is 1. The topological polar surface area (TPSA) is 80.5 Å². The molecule has 0 aliphatic carbocycles. The quantitative estimate of drug-likeness (QED) is 0.555. The summed E-state index contributed by atoms with van der Waals surface area (Å²) < 4.78 is 0. The van der Waals surface area contributed by atoms with Crippen LogP contribution >= 0.6 is 11.8 Å². The van der Waals surface area contributed by atoms with Gasteiger partial charge in [0.2, 0.25) is 0 Å². The minimum Gasteiger partial charge on any atom is -0.399 e. The van der Waals surface area contributed by atoms with Crippen molar-refractivity contribution in [3.8, 4) is 0 Å². The van der Waals surface area contributed by atoms with Crippen molar-refractivity contribution in [2.75, 3.05) is 5.73 Å². The van der Waals surface area contributed by atoms with Crippen LogP contribution in [0.15, 0.2) is 41.8 Å². The Hall–Kier alpha value is -2.08. The van der Waals surface area contributed by atoms with Gasteiger partial charge in [0.05, 0.1) is 16.8 Å². The number of hydrogen-bond acceptors (Lipinski definition) is 5. The van der Waals surface area contributed by atoms with Gasteiger partial charge < -0.3 is 10.7 Å². The van der Waals surface area contributed by atoms with Crippen LogP contribution in [0.1, 0.15) is 5.82 Å². The Bertz CT molecular complexity index is 665. The molecule has 0 amide bonds. The maximum absolute atomic E-state index is 5.72. The third kappa shape index (κ3) is 2.28. The number of nitrogens with zero attached hydrogens (tertiary/aromatic N) is 3. The molecule has 3 rings (SSSR count). The summed E-state index contributed by atoms with van der Waals surface area (Å²) in [4.78, 5) is 16.0. The summed E-state index contributed by atoms with van der Waals surface area (Å²) >= 11 is 1.57. The van der Waals surface area contributed by atoms with Crippen LogP contribution < -0.4 is 5.73 Å². The van der Waals surface area contributed by atoms with Gasteiger partial charge in [-0.2, -0.15) is 0 Å². The first-order chi connectivity index (χ1) is 8.81. The molecule has 0 saturated carbocycles. The second-order valence-corrected chi connectivity index (χ2v) is 4.74. The highest BCUT2D eigenvalue weighted by Crippen LogP contribution is 2.22. The van der Waals surface area contributed by atoms with Gasteiger partial charge in [0.1, 0.15) is 5.82 Å². The van der Waals surface area contributed by atoms with Crippen LogP contribution in [0, 0.1) is 0 Å². The predicted octanol–water partition coefficient (Wildman–Crippen LogP) is 2.23. The number of rotatable bonds is 3. The number of nitrogens with two attached hydrogens (primary N) is 1. The summed E-state index contributed by atoms with van der Waals surface area (Å²) in [5.41, 5.74) is 8.32. The van der Waals surface area contributed by atoms with Gasteiger partial charge in [-0.25, -0.2) is 15.0 Å². The summed E-state index contributed by atoms with van der Waals surface area (Å²) in [5, 5.41) is 0.850. The minimum absolute atomic E-state index is 0.691. The van der Waals surface area contributed by atoms with Crippen LogP contribution in [0.4, 0.5) is 5.69 Å². The summed E-state index contributed by atoms with van der Waals surface area (Å²) in [6, 6.07) is 7.44. The van der Waals surface area contributed by atoms with Crippen molar-refractivity contribution < 1.29 is 0 Å². The van der Waals surface area contributed by atoms with Gasteiger partial charge in [0.25, 0.3) is 0 Å². The van der Waals surface area contributed by atoms with Crippen molar-refractivity contribution in [1.82, 2.24) is 19.9 Å². The normalized spacial score (nSPS) is 10.9. The van der Waals surface area contributed by atoms with Crippen LogP contribution in [-0.2, 0) is 5.75 Å². The average Bonchev–Trinajstić information content (AvgIpc) is 2.79. The number of hydrogen-bond donors (Lipinski definition) is 2. The van der Waals surface area contributed by atoms with Crippen LogP contribution in [0.25, 0.3) is 11.0 Å². The number of aromatic amines is 1. The molecule has 18 heavy (non-hydrogen) atoms. The molecule has 0 spiro atoms. The van der Waals surface area contributed by atoms with E-state index in [9.17, 15) is 0 Å². The highest BCUT2D eigenvalue weighted by molar-refractivity contribution is 7.98. The summed E-state index contributed by atoms with van der Waals surface area (Å²) in [7, 11) is 0. The molecule has 0 aliphatic rings. The molecule has 0 atom stereocenters. The predicted molar refractivity (Wildman–Crippen MR) is 72.1 cm³/mol. The Morgan fingerprint density at radius 3 is 2.89 bits per heavy atom. The third-order valence-corrected chi connectivity index (χ3v) is 3.31. The Labute approximate surface area is 108 Å². The number of nitrogen functional groups attached to an aromatic ring is 1. The van der Waals surface area contributed by atoms with Crippen LogP contribution in [-0.4, -0.2) is 19.9 Å². The van der Waals surface area contributed by atoms with E-state index in [4.69, 9.17) is 5.73 Å². The Morgan fingerprint density at radius 2 is 2.06 bits per heavy atom. The second-order valence-electron chi connectivity index (χ2n) is 3.77. The van der Waals surface area contributed by atoms with Gasteiger partial charge in [-0.3, -0.25) is 0 Å². The van der Waals surface area contributed by atoms with E-state index >= 15 is 0 Å². The van der Waals surface area contributed by atoms with Crippen molar-refractivity contribution in [2.24, 2.45) is 0 Å². The maximum atomic E-state index is 5.72. The lowest BCUT2D eigenvalue weighted by Gasteiger charge is -1.95. The first-order valence-corrected chi connectivity index (χ1v) is 6.44. The Kier molecular flexibility index (Phi) is 2.85. The van der Waals surface area contributed by atoms with Crippen molar-refractivity contribution in [1.29, 1.82) is 0 Å². The van der Waals surface area contributed by atoms with Gasteiger partial charge in [-0.05, 0) is 24.3 Å². The van der Waals surface area contributed by atoms with Crippen molar-refractivity contribution in [3.05, 3.63) is 42.5 Å². The smallest absolute Gasteiger partial charge is 0.166 e. The molecule has 0 aliphatic heterocycles. The standard InChI is InChI=1S/C12H11N5S/c13-8-2-3-9-10(6-8)17-12(16-9)18-7-11-14-4-1-5-15-11/h1-6H,7,13H2,(H,16,17). The van der Waals surface area contributed by atoms with Gasteiger partial charge in [-0.1, -0.05) is 11.8 Å². The molecule has 2 aromatic heterocycles. The monoisotopic (exact) mass is 257 g/mol. The molecule has 3 N–H and O–H groups in total. The van der Waals surface area contributed by atoms with Crippen molar-refractivity contribution in [3.63, 3.8) is 0 Å². The number of thioether (sulfide) groups is 1. The molecule has 0 fully saturated rings. The van der Waals surface area contributed by atoms with Gasteiger partial charge >= 0.3 is 0 Å². The summed E-state index contributed by atoms with van der Waals surface area (Å²) in [5.74, 6) is 1.48. The van der Waals surface area contributed by atoms with E-state index in [1.54, 1.807) is 30.2 Å². The zero-order valence-corrected chi connectivity index (χ0v) is 10.3. The highest BCUT2D eigenvalue weighted by atomic mass is 32.2. The molecule has 0 bridgehead atoms. The molecular weight excluding hydrogens is 246 g/mol. The van der Waals surface area contributed by atoms with Crippen molar-refractivity contribution in [2.45, 2.75) is 10.9 Å². The van der Waals surface area contributed by atoms with E-state index < -0.39 is 0 Å². The largest absolute Gasteiger partial charge is 0.399 e. The number of fused-ring (bicyclic) bond motifs is 1. The zero-order valence-electron chi connectivity index (χ0n) is 9.50. The highest BCUT2D eigenvalue weighted by Gasteiger charge is 2.04. The second kappa shape index (κ2) is 4.66. The lowest BCUT2D eigenvalue weighted by atomic mass is 10.3. The maximum Gasteiger partial charge on any atom is 0.166 e. The number of aromatic nitrogens is 4. The Balaban J connectivity index is 1.79. The van der Waals surface area contributed by atoms with Gasteiger partial charge in [0, 0.05) is 18.1 Å². The van der Waals surface area contributed by atoms with Crippen molar-refractivity contribution >= 4 is 28.5 Å². The molecular formula is C12H11N5S. The molecule has 2 heterocycles. The molecule has 0 saturated heterocycles. The van der Waals surface area contributed by atoms with E-state index in [2.05, 4.69) is 19.9 Å². The van der Waals surface area contributed by atoms with Crippen LogP contribution in [0.3, 0.4) is 0 Å². The lowest BCUT2D eigenvalue weighted by Crippen LogP contribution is -1.89. The minimum atomic E-state index is 0.691. The molecule has 0 unspecified atom stereocenters. The fraction of sp³-hybridized carbons (Fsp3) is 0.0833. The number of nitrogens with one attached hydrogen (secondary N) is 1. The number of imidazole rings is 1.